The Morgan fingerprint density at radius 2 is 2.00 bits per heavy atom. The molecule has 1 radical (unpaired) electrons. The molecule has 3 nitrogen and oxygen atoms in total. The van der Waals surface area contributed by atoms with E-state index in [4.69, 9.17) is 4.74 Å². The Balaban J connectivity index is 3.88. The molecule has 65 valence electrons. The van der Waals surface area contributed by atoms with Crippen LogP contribution < -0.4 is 0 Å². The van der Waals surface area contributed by atoms with Gasteiger partial charge in [-0.3, -0.25) is 0 Å². The number of carbonyl (C=O) groups excluding carboxylic acids is 1. The molecule has 0 aromatic carbocycles. The highest BCUT2D eigenvalue weighted by Gasteiger charge is 2.17. The molecule has 0 heterocycles. The smallest absolute Gasteiger partial charge is 0.410 e. The summed E-state index contributed by atoms with van der Waals surface area (Å²) in [4.78, 5) is 12.5. The van der Waals surface area contributed by atoms with E-state index in [0.717, 1.165) is 0 Å². The van der Waals surface area contributed by atoms with Gasteiger partial charge in [0.05, 0.1) is 0 Å². The van der Waals surface area contributed by atoms with Gasteiger partial charge in [-0.1, -0.05) is 0 Å². The van der Waals surface area contributed by atoms with Gasteiger partial charge in [0.15, 0.2) is 0 Å². The Morgan fingerprint density at radius 1 is 1.55 bits per heavy atom. The van der Waals surface area contributed by atoms with Gasteiger partial charge in [-0.25, -0.2) is 4.79 Å². The molecule has 0 aliphatic heterocycles. The summed E-state index contributed by atoms with van der Waals surface area (Å²) >= 11 is 0. The molecule has 0 spiro atoms. The molecule has 0 fully saturated rings. The van der Waals surface area contributed by atoms with Crippen molar-refractivity contribution >= 4 is 6.09 Å². The summed E-state index contributed by atoms with van der Waals surface area (Å²) in [6.45, 7) is 9.49. The second-order valence-electron chi connectivity index (χ2n) is 3.40. The van der Waals surface area contributed by atoms with Crippen molar-refractivity contribution in [2.45, 2.75) is 26.4 Å². The largest absolute Gasteiger partial charge is 0.444 e. The molecule has 0 aromatic heterocycles. The van der Waals surface area contributed by atoms with Crippen molar-refractivity contribution in [1.29, 1.82) is 0 Å². The lowest BCUT2D eigenvalue weighted by Crippen LogP contribution is -2.33. The highest BCUT2D eigenvalue weighted by molar-refractivity contribution is 5.67. The molecule has 0 saturated carbocycles. The molecule has 0 atom stereocenters. The lowest BCUT2D eigenvalue weighted by molar-refractivity contribution is 0.0317. The second-order valence-corrected chi connectivity index (χ2v) is 3.40. The van der Waals surface area contributed by atoms with Crippen molar-refractivity contribution in [3.05, 3.63) is 6.92 Å². The molecule has 0 bridgehead atoms. The summed E-state index contributed by atoms with van der Waals surface area (Å²) < 4.78 is 5.04. The van der Waals surface area contributed by atoms with Gasteiger partial charge in [0.2, 0.25) is 0 Å². The highest BCUT2D eigenvalue weighted by Crippen LogP contribution is 2.08. The van der Waals surface area contributed by atoms with E-state index < -0.39 is 5.60 Å². The number of hydrogen-bond donors (Lipinski definition) is 0. The standard InChI is InChI=1S/C8H16NO2/c1-6-9(5)7(10)11-8(2,3)4/h1,6H2,2-5H3. The van der Waals surface area contributed by atoms with Gasteiger partial charge < -0.3 is 9.64 Å². The van der Waals surface area contributed by atoms with Crippen LogP contribution in [0.1, 0.15) is 20.8 Å². The van der Waals surface area contributed by atoms with Gasteiger partial charge in [0, 0.05) is 13.6 Å². The molecule has 11 heavy (non-hydrogen) atoms. The van der Waals surface area contributed by atoms with Gasteiger partial charge in [-0.15, -0.1) is 0 Å². The maximum atomic E-state index is 11.1. The number of nitrogens with zero attached hydrogens (tertiary/aromatic N) is 1. The first-order chi connectivity index (χ1) is 4.87. The summed E-state index contributed by atoms with van der Waals surface area (Å²) in [6.07, 6.45) is -0.326. The van der Waals surface area contributed by atoms with E-state index in [1.807, 2.05) is 20.8 Å². The number of ether oxygens (including phenoxy) is 1. The van der Waals surface area contributed by atoms with Crippen LogP contribution in [0.5, 0.6) is 0 Å². The van der Waals surface area contributed by atoms with E-state index in [2.05, 4.69) is 6.92 Å². The third kappa shape index (κ3) is 4.65. The first-order valence-corrected chi connectivity index (χ1v) is 3.60. The summed E-state index contributed by atoms with van der Waals surface area (Å²) in [6, 6.07) is 0. The molecule has 3 heteroatoms. The summed E-state index contributed by atoms with van der Waals surface area (Å²) in [5, 5.41) is 0. The summed E-state index contributed by atoms with van der Waals surface area (Å²) in [5.74, 6) is 0. The van der Waals surface area contributed by atoms with Crippen LogP contribution in [0.2, 0.25) is 0 Å². The molecule has 0 saturated heterocycles. The number of rotatable bonds is 1. The molecule has 0 aromatic rings. The zero-order valence-electron chi connectivity index (χ0n) is 7.68. The third-order valence-electron chi connectivity index (χ3n) is 1.04. The van der Waals surface area contributed by atoms with Crippen LogP contribution in [0, 0.1) is 6.92 Å². The zero-order valence-corrected chi connectivity index (χ0v) is 7.68. The minimum atomic E-state index is -0.416. The number of hydrogen-bond acceptors (Lipinski definition) is 2. The van der Waals surface area contributed by atoms with Crippen LogP contribution in [-0.2, 0) is 4.74 Å². The molecule has 0 aliphatic rings. The maximum absolute atomic E-state index is 11.1. The summed E-state index contributed by atoms with van der Waals surface area (Å²) in [5.41, 5.74) is -0.416. The van der Waals surface area contributed by atoms with E-state index >= 15 is 0 Å². The van der Waals surface area contributed by atoms with E-state index in [9.17, 15) is 4.79 Å². The Bertz CT molecular complexity index is 138. The molecule has 0 rings (SSSR count). The maximum Gasteiger partial charge on any atom is 0.410 e. The molecular formula is C8H16NO2. The SMILES string of the molecule is [CH2]CN(C)C(=O)OC(C)(C)C. The zero-order chi connectivity index (χ0) is 9.07. The Labute approximate surface area is 68.3 Å². The van der Waals surface area contributed by atoms with Crippen LogP contribution in [0.4, 0.5) is 4.79 Å². The molecule has 0 N–H and O–H groups in total. The molecule has 0 unspecified atom stereocenters. The van der Waals surface area contributed by atoms with Gasteiger partial charge >= 0.3 is 6.09 Å². The van der Waals surface area contributed by atoms with E-state index in [-0.39, 0.29) is 6.09 Å². The second kappa shape index (κ2) is 3.60. The Hall–Kier alpha value is -0.730. The molecule has 0 aliphatic carbocycles. The van der Waals surface area contributed by atoms with Gasteiger partial charge in [0.25, 0.3) is 0 Å². The first-order valence-electron chi connectivity index (χ1n) is 3.60. The number of carbonyl (C=O) groups is 1. The van der Waals surface area contributed by atoms with Crippen LogP contribution in [0.3, 0.4) is 0 Å². The fourth-order valence-corrected chi connectivity index (χ4v) is 0.431. The topological polar surface area (TPSA) is 29.5 Å². The average Bonchev–Trinajstić information content (AvgIpc) is 1.82. The lowest BCUT2D eigenvalue weighted by atomic mass is 10.2. The van der Waals surface area contributed by atoms with Crippen molar-refractivity contribution in [3.8, 4) is 0 Å². The normalized spacial score (nSPS) is 11.0. The fraction of sp³-hybridized carbons (Fsp3) is 0.750. The van der Waals surface area contributed by atoms with E-state index in [0.29, 0.717) is 6.54 Å². The fourth-order valence-electron chi connectivity index (χ4n) is 0.431. The minimum absolute atomic E-state index is 0.326. The average molecular weight is 158 g/mol. The van der Waals surface area contributed by atoms with Gasteiger partial charge in [0.1, 0.15) is 5.60 Å². The molecule has 1 amide bonds. The number of amides is 1. The Morgan fingerprint density at radius 3 is 2.27 bits per heavy atom. The van der Waals surface area contributed by atoms with Crippen molar-refractivity contribution in [2.75, 3.05) is 13.6 Å². The van der Waals surface area contributed by atoms with E-state index in [1.54, 1.807) is 7.05 Å². The van der Waals surface area contributed by atoms with E-state index in [1.165, 1.54) is 4.90 Å². The van der Waals surface area contributed by atoms with Crippen LogP contribution in [0.25, 0.3) is 0 Å². The third-order valence-corrected chi connectivity index (χ3v) is 1.04. The van der Waals surface area contributed by atoms with Crippen molar-refractivity contribution in [2.24, 2.45) is 0 Å². The van der Waals surface area contributed by atoms with Crippen molar-refractivity contribution < 1.29 is 9.53 Å². The quantitative estimate of drug-likeness (QED) is 0.581. The lowest BCUT2D eigenvalue weighted by Gasteiger charge is -2.23. The van der Waals surface area contributed by atoms with Crippen LogP contribution in [0.15, 0.2) is 0 Å². The van der Waals surface area contributed by atoms with Gasteiger partial charge in [-0.05, 0) is 27.7 Å². The van der Waals surface area contributed by atoms with Crippen molar-refractivity contribution in [3.63, 3.8) is 0 Å². The van der Waals surface area contributed by atoms with Crippen LogP contribution in [-0.4, -0.2) is 30.2 Å². The monoisotopic (exact) mass is 158 g/mol. The predicted octanol–water partition coefficient (Wildman–Crippen LogP) is 1.69. The summed E-state index contributed by atoms with van der Waals surface area (Å²) in [7, 11) is 1.65. The van der Waals surface area contributed by atoms with Crippen molar-refractivity contribution in [1.82, 2.24) is 4.90 Å². The minimum Gasteiger partial charge on any atom is -0.444 e. The predicted molar refractivity (Wildman–Crippen MR) is 44.2 cm³/mol. The molecular weight excluding hydrogens is 142 g/mol. The first kappa shape index (κ1) is 10.3. The van der Waals surface area contributed by atoms with Gasteiger partial charge in [-0.2, -0.15) is 0 Å². The highest BCUT2D eigenvalue weighted by atomic mass is 16.6. The van der Waals surface area contributed by atoms with Crippen LogP contribution >= 0.6 is 0 Å². The Kier molecular flexibility index (Phi) is 3.36.